The Labute approximate surface area is 394 Å². The summed E-state index contributed by atoms with van der Waals surface area (Å²) in [6.07, 6.45) is -4.24. The van der Waals surface area contributed by atoms with Gasteiger partial charge in [-0.2, -0.15) is 0 Å². The van der Waals surface area contributed by atoms with Gasteiger partial charge >= 0.3 is 0 Å². The quantitative estimate of drug-likeness (QED) is 0.0543. The number of Topliss-reactive ketones (excluding diaryl/α,β-unsaturated/α-hetero) is 1. The van der Waals surface area contributed by atoms with E-state index in [1.54, 1.807) is 13.0 Å². The number of carbonyl (C=O) groups excluding carboxylic acids is 3. The molecule has 1 fully saturated rings. The molecule has 5 aromatic carbocycles. The summed E-state index contributed by atoms with van der Waals surface area (Å²) in [5.74, 6) is -2.64. The normalized spacial score (nSPS) is 22.2. The third-order valence-electron chi connectivity index (χ3n) is 12.7. The maximum absolute atomic E-state index is 13.6. The number of aliphatic hydroxyl groups excluding tert-OH is 2. The van der Waals surface area contributed by atoms with E-state index >= 15 is 0 Å². The minimum atomic E-state index is -2.24. The topological polar surface area (TPSA) is 239 Å². The molecule has 8 rings (SSSR count). The molecule has 3 aliphatic rings. The molecule has 15 nitrogen and oxygen atoms in total. The number of ether oxygens (including phenoxy) is 4. The van der Waals surface area contributed by atoms with E-state index in [4.69, 9.17) is 24.7 Å². The van der Waals surface area contributed by atoms with Gasteiger partial charge in [0.25, 0.3) is 0 Å². The number of fused-ring (bicyclic) bond motifs is 3. The number of aromatic hydroxyl groups is 3. The van der Waals surface area contributed by atoms with Gasteiger partial charge in [0, 0.05) is 48.5 Å². The van der Waals surface area contributed by atoms with Crippen molar-refractivity contribution in [2.45, 2.75) is 75.8 Å². The molecule has 5 aromatic rings. The lowest BCUT2D eigenvalue weighted by atomic mass is 9.72. The van der Waals surface area contributed by atoms with Crippen LogP contribution >= 0.6 is 0 Å². The highest BCUT2D eigenvalue weighted by Gasteiger charge is 2.50. The fourth-order valence-corrected chi connectivity index (χ4v) is 9.16. The van der Waals surface area contributed by atoms with Crippen molar-refractivity contribution in [2.75, 3.05) is 41.0 Å². The number of phenolic OH excluding ortho intramolecular Hbond substituents is 3. The molecular weight excluding hydrogens is 873 g/mol. The smallest absolute Gasteiger partial charge is 0.202 e. The van der Waals surface area contributed by atoms with E-state index in [1.807, 2.05) is 44.4 Å². The van der Waals surface area contributed by atoms with Crippen molar-refractivity contribution >= 4 is 28.5 Å². The molecule has 6 atom stereocenters. The van der Waals surface area contributed by atoms with Crippen molar-refractivity contribution in [1.82, 2.24) is 4.90 Å². The fraction of sp³-hybridized carbons (Fsp3) is 0.340. The lowest BCUT2D eigenvalue weighted by molar-refractivity contribution is -0.247. The van der Waals surface area contributed by atoms with Gasteiger partial charge in [-0.1, -0.05) is 73.7 Å². The Morgan fingerprint density at radius 1 is 0.868 bits per heavy atom. The number of hydrogen-bond acceptors (Lipinski definition) is 15. The Kier molecular flexibility index (Phi) is 15.2. The molecule has 68 heavy (non-hydrogen) atoms. The number of allylic oxidation sites excluding steroid dienone is 1. The van der Waals surface area contributed by atoms with Crippen molar-refractivity contribution in [3.05, 3.63) is 147 Å². The molecule has 1 aliphatic heterocycles. The largest absolute Gasteiger partial charge is 0.508 e. The van der Waals surface area contributed by atoms with Crippen LogP contribution in [0.1, 0.15) is 98.9 Å². The molecule has 0 aromatic heterocycles. The van der Waals surface area contributed by atoms with E-state index < -0.39 is 95.7 Å². The lowest BCUT2D eigenvalue weighted by Crippen LogP contribution is -2.53. The first kappa shape index (κ1) is 49.5. The molecule has 0 saturated carbocycles. The van der Waals surface area contributed by atoms with Crippen LogP contribution < -0.4 is 15.2 Å². The summed E-state index contributed by atoms with van der Waals surface area (Å²) in [5.41, 5.74) is 8.06. The van der Waals surface area contributed by atoms with Crippen molar-refractivity contribution in [3.63, 3.8) is 0 Å². The minimum absolute atomic E-state index is 0.0173. The van der Waals surface area contributed by atoms with Gasteiger partial charge in [-0.3, -0.25) is 14.4 Å². The van der Waals surface area contributed by atoms with Gasteiger partial charge in [-0.25, -0.2) is 0 Å². The standard InChI is InChI=1S/C27H29NO11.C26H29NO2/c1-10-22(31)13(28)6-17(38-10)39-15-8-27(36,16(30)9-29)7-12-19(15)26(35)21-20(24(12)33)23(32)11-4-3-5-14(37-2)18(11)25(21)34;1-4-25(20-9-6-5-7-10-20)26(22-11-8-12-23(28)19-22)21-13-15-24(16-14-21)29-18-17-27(2)3/h3-5,10,13,15,17,22,29,31,33,35-36H,6-9,28H2,1-2H3;5-16,19,28H,4,17-18H2,1-3H3/t10-,13-,15-,17-,22+,27-;/m0./s1. The molecule has 0 amide bonds. The van der Waals surface area contributed by atoms with Gasteiger partial charge in [0.05, 0.1) is 42.1 Å². The third-order valence-corrected chi connectivity index (χ3v) is 12.7. The molecule has 358 valence electrons. The summed E-state index contributed by atoms with van der Waals surface area (Å²) in [6, 6.07) is 29.8. The van der Waals surface area contributed by atoms with Gasteiger partial charge in [0.2, 0.25) is 5.78 Å². The molecule has 1 saturated heterocycles. The van der Waals surface area contributed by atoms with Crippen molar-refractivity contribution < 1.29 is 64.0 Å². The van der Waals surface area contributed by atoms with Crippen LogP contribution in [-0.4, -0.2) is 124 Å². The van der Waals surface area contributed by atoms with Crippen LogP contribution in [0.15, 0.2) is 97.1 Å². The van der Waals surface area contributed by atoms with Crippen LogP contribution in [0.5, 0.6) is 28.7 Å². The van der Waals surface area contributed by atoms with E-state index in [9.17, 15) is 45.0 Å². The lowest BCUT2D eigenvalue weighted by Gasteiger charge is -2.42. The van der Waals surface area contributed by atoms with E-state index in [0.29, 0.717) is 6.61 Å². The van der Waals surface area contributed by atoms with Crippen LogP contribution in [0, 0.1) is 0 Å². The van der Waals surface area contributed by atoms with Gasteiger partial charge in [0.1, 0.15) is 47.6 Å². The monoisotopic (exact) mass is 930 g/mol. The highest BCUT2D eigenvalue weighted by Crippen LogP contribution is 2.52. The predicted octanol–water partition coefficient (Wildman–Crippen LogP) is 5.70. The number of nitrogens with two attached hydrogens (primary N) is 1. The number of aliphatic hydroxyl groups is 3. The minimum Gasteiger partial charge on any atom is -0.508 e. The second kappa shape index (κ2) is 20.8. The van der Waals surface area contributed by atoms with Crippen molar-refractivity contribution in [3.8, 4) is 28.7 Å². The van der Waals surface area contributed by atoms with Gasteiger partial charge < -0.3 is 60.2 Å². The first-order valence-corrected chi connectivity index (χ1v) is 22.5. The summed E-state index contributed by atoms with van der Waals surface area (Å²) in [7, 11) is 5.39. The van der Waals surface area contributed by atoms with Gasteiger partial charge in [-0.05, 0) is 85.6 Å². The maximum Gasteiger partial charge on any atom is 0.202 e. The Balaban J connectivity index is 0.000000211. The number of methoxy groups -OCH3 is 1. The second-order valence-corrected chi connectivity index (χ2v) is 17.5. The van der Waals surface area contributed by atoms with E-state index in [1.165, 1.54) is 36.4 Å². The first-order valence-electron chi connectivity index (χ1n) is 22.5. The highest BCUT2D eigenvalue weighted by molar-refractivity contribution is 6.31. The van der Waals surface area contributed by atoms with Crippen LogP contribution in [-0.2, 0) is 20.7 Å². The van der Waals surface area contributed by atoms with Crippen molar-refractivity contribution in [1.29, 1.82) is 0 Å². The Morgan fingerprint density at radius 3 is 2.18 bits per heavy atom. The SMILES string of the molecule is CCC(=C(c1ccc(OCCN(C)C)cc1)c1cccc(O)c1)c1ccccc1.COc1cccc2c1C(=O)c1c(O)c3c(c(O)c1C2=O)C[C@@](O)(C(=O)CO)C[C@@H]3O[C@H]1C[C@H](N)[C@H](O)[C@H](C)O1. The zero-order valence-corrected chi connectivity index (χ0v) is 38.6. The predicted molar refractivity (Wildman–Crippen MR) is 253 cm³/mol. The molecule has 1 heterocycles. The number of ketones is 3. The Bertz CT molecular complexity index is 2690. The number of phenols is 3. The van der Waals surface area contributed by atoms with Crippen LogP contribution in [0.3, 0.4) is 0 Å². The number of rotatable bonds is 13. The molecular formula is C53H58N2O13. The number of benzene rings is 5. The molecule has 0 radical (unpaired) electrons. The molecule has 2 aliphatic carbocycles. The summed E-state index contributed by atoms with van der Waals surface area (Å²) < 4.78 is 22.8. The van der Waals surface area contributed by atoms with E-state index in [-0.39, 0.29) is 40.2 Å². The number of likely N-dealkylation sites (N-methyl/N-ethyl adjacent to an activating group) is 1. The average molecular weight is 931 g/mol. The number of hydrogen-bond donors (Lipinski definition) is 7. The van der Waals surface area contributed by atoms with Crippen LogP contribution in [0.2, 0.25) is 0 Å². The first-order chi connectivity index (χ1) is 32.5. The number of nitrogens with zero attached hydrogens (tertiary/aromatic N) is 1. The number of carbonyl (C=O) groups is 3. The Morgan fingerprint density at radius 2 is 1.54 bits per heavy atom. The maximum atomic E-state index is 13.6. The summed E-state index contributed by atoms with van der Waals surface area (Å²) >= 11 is 0. The van der Waals surface area contributed by atoms with E-state index in [0.717, 1.165) is 35.4 Å². The fourth-order valence-electron chi connectivity index (χ4n) is 9.16. The summed E-state index contributed by atoms with van der Waals surface area (Å²) in [5, 5.41) is 63.8. The van der Waals surface area contributed by atoms with Gasteiger partial charge in [-0.15, -0.1) is 0 Å². The third kappa shape index (κ3) is 9.91. The summed E-state index contributed by atoms with van der Waals surface area (Å²) in [4.78, 5) is 41.8. The molecule has 0 spiro atoms. The van der Waals surface area contributed by atoms with E-state index in [2.05, 4.69) is 54.3 Å². The van der Waals surface area contributed by atoms with Gasteiger partial charge in [0.15, 0.2) is 17.9 Å². The molecule has 0 unspecified atom stereocenters. The van der Waals surface area contributed by atoms with Crippen molar-refractivity contribution in [2.24, 2.45) is 5.73 Å². The van der Waals surface area contributed by atoms with Crippen LogP contribution in [0.25, 0.3) is 11.1 Å². The molecule has 15 heteroatoms. The zero-order chi connectivity index (χ0) is 49.0. The molecule has 8 N–H and O–H groups in total. The zero-order valence-electron chi connectivity index (χ0n) is 38.6. The van der Waals surface area contributed by atoms with Crippen LogP contribution in [0.4, 0.5) is 0 Å². The molecule has 0 bridgehead atoms. The summed E-state index contributed by atoms with van der Waals surface area (Å²) in [6.45, 7) is 4.27. The highest BCUT2D eigenvalue weighted by atomic mass is 16.7. The second-order valence-electron chi connectivity index (χ2n) is 17.5. The Hall–Kier alpha value is -6.43. The average Bonchev–Trinajstić information content (AvgIpc) is 3.32.